The van der Waals surface area contributed by atoms with E-state index in [1.807, 2.05) is 0 Å². The van der Waals surface area contributed by atoms with E-state index < -0.39 is 46.8 Å². The number of alkyl halides is 4. The second kappa shape index (κ2) is 8.58. The Morgan fingerprint density at radius 3 is 2.47 bits per heavy atom. The maximum Gasteiger partial charge on any atom is 0.408 e. The van der Waals surface area contributed by atoms with Crippen LogP contribution < -0.4 is 10.1 Å². The van der Waals surface area contributed by atoms with Crippen LogP contribution in [-0.4, -0.2) is 40.1 Å². The van der Waals surface area contributed by atoms with Crippen molar-refractivity contribution in [2.75, 3.05) is 18.6 Å². The SMILES string of the molecule is CC(Nc1c(-c2c(F)cc(OCCCF)cc2F)c(Cl)nc2ccnn12)C(F)(F)F. The summed E-state index contributed by atoms with van der Waals surface area (Å²) < 4.78 is 87.2. The van der Waals surface area contributed by atoms with Gasteiger partial charge in [-0.15, -0.1) is 0 Å². The third kappa shape index (κ3) is 4.40. The lowest BCUT2D eigenvalue weighted by Gasteiger charge is -2.22. The van der Waals surface area contributed by atoms with Crippen molar-refractivity contribution in [1.82, 2.24) is 14.6 Å². The van der Waals surface area contributed by atoms with E-state index in [9.17, 15) is 26.3 Å². The molecule has 3 aromatic rings. The molecule has 1 atom stereocenters. The van der Waals surface area contributed by atoms with Crippen LogP contribution in [0.15, 0.2) is 24.4 Å². The van der Waals surface area contributed by atoms with Gasteiger partial charge in [0.15, 0.2) is 5.65 Å². The van der Waals surface area contributed by atoms with Crippen LogP contribution in [0.5, 0.6) is 5.75 Å². The number of hydrogen-bond acceptors (Lipinski definition) is 4. The predicted molar refractivity (Wildman–Crippen MR) is 98.6 cm³/mol. The first-order valence-electron chi connectivity index (χ1n) is 8.68. The Hall–Kier alpha value is -2.69. The zero-order valence-corrected chi connectivity index (χ0v) is 16.2. The van der Waals surface area contributed by atoms with Crippen molar-refractivity contribution < 1.29 is 31.1 Å². The molecule has 0 fully saturated rings. The molecule has 0 bridgehead atoms. The van der Waals surface area contributed by atoms with Gasteiger partial charge in [0.05, 0.1) is 30.6 Å². The van der Waals surface area contributed by atoms with E-state index in [0.29, 0.717) is 0 Å². The molecule has 0 radical (unpaired) electrons. The minimum atomic E-state index is -4.66. The fourth-order valence-electron chi connectivity index (χ4n) is 2.67. The van der Waals surface area contributed by atoms with Crippen LogP contribution in [0.4, 0.5) is 32.2 Å². The smallest absolute Gasteiger partial charge is 0.408 e. The fraction of sp³-hybridized carbons (Fsp3) is 0.333. The van der Waals surface area contributed by atoms with Crippen molar-refractivity contribution >= 4 is 23.1 Å². The van der Waals surface area contributed by atoms with Gasteiger partial charge in [0, 0.05) is 24.6 Å². The first kappa shape index (κ1) is 22.0. The summed E-state index contributed by atoms with van der Waals surface area (Å²) in [6, 6.07) is 0.943. The molecule has 0 aliphatic heterocycles. The van der Waals surface area contributed by atoms with Crippen molar-refractivity contribution in [3.8, 4) is 16.9 Å². The van der Waals surface area contributed by atoms with Gasteiger partial charge in [-0.05, 0) is 6.92 Å². The van der Waals surface area contributed by atoms with Gasteiger partial charge >= 0.3 is 6.18 Å². The van der Waals surface area contributed by atoms with Crippen LogP contribution in [0.3, 0.4) is 0 Å². The molecule has 0 aliphatic rings. The average molecular weight is 453 g/mol. The van der Waals surface area contributed by atoms with Crippen molar-refractivity contribution in [3.05, 3.63) is 41.2 Å². The summed E-state index contributed by atoms with van der Waals surface area (Å²) in [4.78, 5) is 3.95. The number of ether oxygens (including phenoxy) is 1. The summed E-state index contributed by atoms with van der Waals surface area (Å²) in [5.41, 5.74) is -1.07. The van der Waals surface area contributed by atoms with E-state index >= 15 is 0 Å². The molecule has 1 aromatic carbocycles. The summed E-state index contributed by atoms with van der Waals surface area (Å²) >= 11 is 6.10. The summed E-state index contributed by atoms with van der Waals surface area (Å²) in [5.74, 6) is -2.89. The number of benzene rings is 1. The quantitative estimate of drug-likeness (QED) is 0.295. The Morgan fingerprint density at radius 2 is 1.87 bits per heavy atom. The lowest BCUT2D eigenvalue weighted by atomic mass is 10.1. The number of aromatic nitrogens is 3. The lowest BCUT2D eigenvalue weighted by Crippen LogP contribution is -2.34. The molecule has 1 N–H and O–H groups in total. The van der Waals surface area contributed by atoms with Gasteiger partial charge in [0.1, 0.15) is 34.4 Å². The van der Waals surface area contributed by atoms with Gasteiger partial charge in [-0.1, -0.05) is 11.6 Å². The van der Waals surface area contributed by atoms with E-state index in [0.717, 1.165) is 23.6 Å². The van der Waals surface area contributed by atoms with E-state index in [1.165, 1.54) is 12.3 Å². The molecule has 0 spiro atoms. The monoisotopic (exact) mass is 452 g/mol. The highest BCUT2D eigenvalue weighted by atomic mass is 35.5. The maximum absolute atomic E-state index is 14.8. The highest BCUT2D eigenvalue weighted by molar-refractivity contribution is 6.33. The highest BCUT2D eigenvalue weighted by Crippen LogP contribution is 2.40. The zero-order valence-electron chi connectivity index (χ0n) is 15.4. The standard InChI is InChI=1S/C18H15ClF6N4O/c1-9(18(23,24)25)27-17-15(16(19)28-13-3-5-26-29(13)17)14-11(21)7-10(8-12(14)22)30-6-2-4-20/h3,5,7-9,27H,2,4,6H2,1H3. The number of nitrogens with one attached hydrogen (secondary N) is 1. The first-order valence-corrected chi connectivity index (χ1v) is 9.06. The zero-order chi connectivity index (χ0) is 22.1. The number of hydrogen-bond donors (Lipinski definition) is 1. The lowest BCUT2D eigenvalue weighted by molar-refractivity contribution is -0.138. The third-order valence-corrected chi connectivity index (χ3v) is 4.42. The summed E-state index contributed by atoms with van der Waals surface area (Å²) in [6.45, 7) is 0.0643. The number of nitrogens with zero attached hydrogens (tertiary/aromatic N) is 3. The van der Waals surface area contributed by atoms with Crippen LogP contribution in [0.25, 0.3) is 16.8 Å². The van der Waals surface area contributed by atoms with Crippen molar-refractivity contribution in [2.24, 2.45) is 0 Å². The second-order valence-corrected chi connectivity index (χ2v) is 6.65. The maximum atomic E-state index is 14.8. The molecule has 3 rings (SSSR count). The summed E-state index contributed by atoms with van der Waals surface area (Å²) in [5, 5.41) is 5.62. The molecule has 0 saturated carbocycles. The predicted octanol–water partition coefficient (Wildman–Crippen LogP) is 5.43. The van der Waals surface area contributed by atoms with Crippen LogP contribution in [0.1, 0.15) is 13.3 Å². The molecule has 0 amide bonds. The van der Waals surface area contributed by atoms with Crippen molar-refractivity contribution in [2.45, 2.75) is 25.6 Å². The van der Waals surface area contributed by atoms with Gasteiger partial charge in [-0.2, -0.15) is 22.8 Å². The first-order chi connectivity index (χ1) is 14.1. The van der Waals surface area contributed by atoms with Crippen LogP contribution in [0.2, 0.25) is 5.15 Å². The van der Waals surface area contributed by atoms with E-state index in [4.69, 9.17) is 16.3 Å². The third-order valence-electron chi connectivity index (χ3n) is 4.15. The Kier molecular flexibility index (Phi) is 6.30. The minimum absolute atomic E-state index is 0.0279. The molecular weight excluding hydrogens is 438 g/mol. The normalized spacial score (nSPS) is 12.9. The Balaban J connectivity index is 2.16. The van der Waals surface area contributed by atoms with Gasteiger partial charge in [-0.3, -0.25) is 4.39 Å². The number of halogens is 7. The molecule has 12 heteroatoms. The molecule has 2 heterocycles. The Labute approximate surface area is 171 Å². The van der Waals surface area contributed by atoms with Crippen molar-refractivity contribution in [1.29, 1.82) is 0 Å². The van der Waals surface area contributed by atoms with Gasteiger partial charge in [0.25, 0.3) is 0 Å². The molecule has 0 aliphatic carbocycles. The molecular formula is C18H15ClF6N4O. The molecule has 0 saturated heterocycles. The largest absolute Gasteiger partial charge is 0.493 e. The molecule has 30 heavy (non-hydrogen) atoms. The fourth-order valence-corrected chi connectivity index (χ4v) is 2.94. The molecule has 162 valence electrons. The van der Waals surface area contributed by atoms with Crippen LogP contribution in [0, 0.1) is 11.6 Å². The summed E-state index contributed by atoms with van der Waals surface area (Å²) in [6.07, 6.45) is -3.38. The minimum Gasteiger partial charge on any atom is -0.493 e. The van der Waals surface area contributed by atoms with E-state index in [-0.39, 0.29) is 30.2 Å². The topological polar surface area (TPSA) is 51.5 Å². The Bertz CT molecular complexity index is 1030. The van der Waals surface area contributed by atoms with E-state index in [2.05, 4.69) is 15.4 Å². The Morgan fingerprint density at radius 1 is 1.20 bits per heavy atom. The molecule has 1 unspecified atom stereocenters. The van der Waals surface area contributed by atoms with E-state index in [1.54, 1.807) is 0 Å². The highest BCUT2D eigenvalue weighted by Gasteiger charge is 2.37. The van der Waals surface area contributed by atoms with Crippen molar-refractivity contribution in [3.63, 3.8) is 0 Å². The van der Waals surface area contributed by atoms with Crippen LogP contribution >= 0.6 is 11.6 Å². The number of fused-ring (bicyclic) bond motifs is 1. The number of anilines is 1. The van der Waals surface area contributed by atoms with Gasteiger partial charge in [0.2, 0.25) is 0 Å². The van der Waals surface area contributed by atoms with Gasteiger partial charge < -0.3 is 10.1 Å². The average Bonchev–Trinajstić information content (AvgIpc) is 3.10. The molecule has 2 aromatic heterocycles. The molecule has 5 nitrogen and oxygen atoms in total. The second-order valence-electron chi connectivity index (χ2n) is 6.29. The van der Waals surface area contributed by atoms with Crippen LogP contribution in [-0.2, 0) is 0 Å². The van der Waals surface area contributed by atoms with Gasteiger partial charge in [-0.25, -0.2) is 13.8 Å². The summed E-state index contributed by atoms with van der Waals surface area (Å²) in [7, 11) is 0. The number of rotatable bonds is 7.